The number of nitrogens with one attached hydrogen (secondary N) is 1. The van der Waals surface area contributed by atoms with Crippen molar-refractivity contribution in [2.45, 2.75) is 32.3 Å². The summed E-state index contributed by atoms with van der Waals surface area (Å²) in [6.45, 7) is 4.43. The van der Waals surface area contributed by atoms with Crippen molar-refractivity contribution >= 4 is 34.8 Å². The summed E-state index contributed by atoms with van der Waals surface area (Å²) < 4.78 is 0. The standard InChI is InChI=1S/C16H22Cl2N2O2/c1-11(21)12-4-7-20(8-5-12)9-6-16(22)19-15-10-13(17)2-3-14(15)18/h2-3,10-12,21H,4-9H2,1H3,(H,19,22). The van der Waals surface area contributed by atoms with Gasteiger partial charge in [0.25, 0.3) is 0 Å². The van der Waals surface area contributed by atoms with Gasteiger partial charge < -0.3 is 15.3 Å². The van der Waals surface area contributed by atoms with Crippen molar-refractivity contribution in [1.82, 2.24) is 4.90 Å². The van der Waals surface area contributed by atoms with Crippen LogP contribution in [0.5, 0.6) is 0 Å². The van der Waals surface area contributed by atoms with Crippen LogP contribution in [0.15, 0.2) is 18.2 Å². The Kier molecular flexibility index (Phi) is 6.50. The van der Waals surface area contributed by atoms with Crippen molar-refractivity contribution in [2.75, 3.05) is 25.0 Å². The first-order valence-corrected chi connectivity index (χ1v) is 8.36. The second-order valence-corrected chi connectivity index (χ2v) is 6.69. The minimum Gasteiger partial charge on any atom is -0.393 e. The molecule has 1 aliphatic heterocycles. The number of carbonyl (C=O) groups excluding carboxylic acids is 1. The Morgan fingerprint density at radius 3 is 2.73 bits per heavy atom. The molecule has 2 rings (SSSR count). The summed E-state index contributed by atoms with van der Waals surface area (Å²) in [6.07, 6.45) is 2.15. The number of anilines is 1. The van der Waals surface area contributed by atoms with Gasteiger partial charge in [0.15, 0.2) is 0 Å². The molecule has 1 aliphatic rings. The molecule has 2 N–H and O–H groups in total. The Hall–Kier alpha value is -0.810. The first-order valence-electron chi connectivity index (χ1n) is 7.61. The summed E-state index contributed by atoms with van der Waals surface area (Å²) in [6, 6.07) is 5.00. The van der Waals surface area contributed by atoms with Gasteiger partial charge in [0.05, 0.1) is 16.8 Å². The molecule has 0 radical (unpaired) electrons. The molecule has 0 aliphatic carbocycles. The molecular formula is C16H22Cl2N2O2. The maximum Gasteiger partial charge on any atom is 0.225 e. The number of aliphatic hydroxyl groups excluding tert-OH is 1. The van der Waals surface area contributed by atoms with Gasteiger partial charge in [0.1, 0.15) is 0 Å². The van der Waals surface area contributed by atoms with E-state index in [0.717, 1.165) is 32.5 Å². The number of benzene rings is 1. The van der Waals surface area contributed by atoms with Gasteiger partial charge in [0, 0.05) is 18.0 Å². The van der Waals surface area contributed by atoms with Crippen LogP contribution in [0.4, 0.5) is 5.69 Å². The minimum atomic E-state index is -0.240. The van der Waals surface area contributed by atoms with Crippen molar-refractivity contribution in [3.8, 4) is 0 Å². The van der Waals surface area contributed by atoms with Gasteiger partial charge in [-0.05, 0) is 57.0 Å². The Bertz CT molecular complexity index is 515. The highest BCUT2D eigenvalue weighted by atomic mass is 35.5. The summed E-state index contributed by atoms with van der Waals surface area (Å²) in [4.78, 5) is 14.3. The number of hydrogen-bond donors (Lipinski definition) is 2. The number of nitrogens with zero attached hydrogens (tertiary/aromatic N) is 1. The van der Waals surface area contributed by atoms with Crippen LogP contribution in [0.1, 0.15) is 26.2 Å². The van der Waals surface area contributed by atoms with Gasteiger partial charge in [-0.2, -0.15) is 0 Å². The Balaban J connectivity index is 1.75. The Labute approximate surface area is 141 Å². The molecule has 0 spiro atoms. The van der Waals surface area contributed by atoms with Crippen LogP contribution in [0.25, 0.3) is 0 Å². The van der Waals surface area contributed by atoms with E-state index in [4.69, 9.17) is 23.2 Å². The third-order valence-electron chi connectivity index (χ3n) is 4.17. The van der Waals surface area contributed by atoms with Crippen molar-refractivity contribution in [1.29, 1.82) is 0 Å². The second kappa shape index (κ2) is 8.16. The number of halogens is 2. The summed E-state index contributed by atoms with van der Waals surface area (Å²) in [5, 5.41) is 13.4. The van der Waals surface area contributed by atoms with E-state index in [-0.39, 0.29) is 12.0 Å². The van der Waals surface area contributed by atoms with E-state index >= 15 is 0 Å². The molecule has 1 amide bonds. The predicted octanol–water partition coefficient (Wildman–Crippen LogP) is 3.41. The molecule has 1 fully saturated rings. The smallest absolute Gasteiger partial charge is 0.225 e. The third-order valence-corrected chi connectivity index (χ3v) is 4.74. The molecular weight excluding hydrogens is 323 g/mol. The van der Waals surface area contributed by atoms with E-state index < -0.39 is 0 Å². The zero-order valence-electron chi connectivity index (χ0n) is 12.7. The van der Waals surface area contributed by atoms with Crippen LogP contribution < -0.4 is 5.32 Å². The summed E-state index contributed by atoms with van der Waals surface area (Å²) in [5.41, 5.74) is 0.548. The fraction of sp³-hybridized carbons (Fsp3) is 0.562. The first kappa shape index (κ1) is 17.5. The molecule has 122 valence electrons. The van der Waals surface area contributed by atoms with Gasteiger partial charge in [-0.15, -0.1) is 0 Å². The molecule has 6 heteroatoms. The van der Waals surface area contributed by atoms with Crippen molar-refractivity contribution in [3.05, 3.63) is 28.2 Å². The maximum atomic E-state index is 12.0. The van der Waals surface area contributed by atoms with Crippen LogP contribution in [0.3, 0.4) is 0 Å². The van der Waals surface area contributed by atoms with Crippen molar-refractivity contribution in [2.24, 2.45) is 5.92 Å². The average molecular weight is 345 g/mol. The summed E-state index contributed by atoms with van der Waals surface area (Å²) >= 11 is 11.9. The molecule has 1 heterocycles. The predicted molar refractivity (Wildman–Crippen MR) is 90.6 cm³/mol. The fourth-order valence-electron chi connectivity index (χ4n) is 2.72. The normalized spacial score (nSPS) is 18.2. The quantitative estimate of drug-likeness (QED) is 0.860. The average Bonchev–Trinajstić information content (AvgIpc) is 2.49. The molecule has 1 aromatic carbocycles. The molecule has 1 atom stereocenters. The van der Waals surface area contributed by atoms with E-state index in [1.165, 1.54) is 0 Å². The van der Waals surface area contributed by atoms with Gasteiger partial charge in [-0.25, -0.2) is 0 Å². The zero-order valence-corrected chi connectivity index (χ0v) is 14.2. The molecule has 0 bridgehead atoms. The zero-order chi connectivity index (χ0) is 16.1. The summed E-state index contributed by atoms with van der Waals surface area (Å²) in [7, 11) is 0. The molecule has 22 heavy (non-hydrogen) atoms. The summed E-state index contributed by atoms with van der Waals surface area (Å²) in [5.74, 6) is 0.317. The number of piperidine rings is 1. The molecule has 0 aromatic heterocycles. The van der Waals surface area contributed by atoms with Gasteiger partial charge in [-0.3, -0.25) is 4.79 Å². The number of likely N-dealkylation sites (tertiary alicyclic amines) is 1. The van der Waals surface area contributed by atoms with Crippen molar-refractivity contribution < 1.29 is 9.90 Å². The van der Waals surface area contributed by atoms with Gasteiger partial charge in [0.2, 0.25) is 5.91 Å². The Morgan fingerprint density at radius 1 is 1.41 bits per heavy atom. The fourth-order valence-corrected chi connectivity index (χ4v) is 3.06. The number of hydrogen-bond acceptors (Lipinski definition) is 3. The number of aliphatic hydroxyl groups is 1. The molecule has 1 unspecified atom stereocenters. The van der Waals surface area contributed by atoms with Crippen LogP contribution in [0, 0.1) is 5.92 Å². The monoisotopic (exact) mass is 344 g/mol. The van der Waals surface area contributed by atoms with E-state index in [2.05, 4.69) is 10.2 Å². The van der Waals surface area contributed by atoms with Crippen molar-refractivity contribution in [3.63, 3.8) is 0 Å². The number of rotatable bonds is 5. The highest BCUT2D eigenvalue weighted by Gasteiger charge is 2.22. The Morgan fingerprint density at radius 2 is 2.09 bits per heavy atom. The lowest BCUT2D eigenvalue weighted by Gasteiger charge is -2.33. The minimum absolute atomic E-state index is 0.0678. The van der Waals surface area contributed by atoms with Gasteiger partial charge >= 0.3 is 0 Å². The lowest BCUT2D eigenvalue weighted by molar-refractivity contribution is -0.116. The lowest BCUT2D eigenvalue weighted by atomic mass is 9.92. The number of amides is 1. The van der Waals surface area contributed by atoms with Crippen LogP contribution in [-0.2, 0) is 4.79 Å². The molecule has 1 aromatic rings. The SMILES string of the molecule is CC(O)C1CCN(CCC(=O)Nc2cc(Cl)ccc2Cl)CC1. The first-order chi connectivity index (χ1) is 10.5. The van der Waals surface area contributed by atoms with E-state index in [1.54, 1.807) is 18.2 Å². The molecule has 1 saturated heterocycles. The maximum absolute atomic E-state index is 12.0. The molecule has 0 saturated carbocycles. The van der Waals surface area contributed by atoms with E-state index in [9.17, 15) is 9.90 Å². The third kappa shape index (κ3) is 5.13. The van der Waals surface area contributed by atoms with Crippen LogP contribution >= 0.6 is 23.2 Å². The number of carbonyl (C=O) groups is 1. The molecule has 4 nitrogen and oxygen atoms in total. The van der Waals surface area contributed by atoms with Crippen LogP contribution in [0.2, 0.25) is 10.0 Å². The van der Waals surface area contributed by atoms with E-state index in [0.29, 0.717) is 28.1 Å². The highest BCUT2D eigenvalue weighted by molar-refractivity contribution is 6.35. The van der Waals surface area contributed by atoms with Gasteiger partial charge in [-0.1, -0.05) is 23.2 Å². The topological polar surface area (TPSA) is 52.6 Å². The van der Waals surface area contributed by atoms with E-state index in [1.807, 2.05) is 6.92 Å². The lowest BCUT2D eigenvalue weighted by Crippen LogP contribution is -2.38. The largest absolute Gasteiger partial charge is 0.393 e. The second-order valence-electron chi connectivity index (χ2n) is 5.84. The van der Waals surface area contributed by atoms with Crippen LogP contribution in [-0.4, -0.2) is 41.7 Å². The highest BCUT2D eigenvalue weighted by Crippen LogP contribution is 2.25.